The molecule has 0 radical (unpaired) electrons. The number of ether oxygens (including phenoxy) is 1. The Labute approximate surface area is 121 Å². The van der Waals surface area contributed by atoms with E-state index in [1.165, 1.54) is 18.9 Å². The molecule has 0 bridgehead atoms. The molecule has 4 heteroatoms. The van der Waals surface area contributed by atoms with E-state index in [1.54, 1.807) is 6.07 Å². The van der Waals surface area contributed by atoms with Crippen LogP contribution < -0.4 is 5.32 Å². The van der Waals surface area contributed by atoms with E-state index >= 15 is 0 Å². The molecule has 3 rings (SSSR count). The molecule has 2 aliphatic rings. The lowest BCUT2D eigenvalue weighted by atomic mass is 9.81. The standard InChI is InChI=1S/C15H19BrFNO/c16-14-11(2-1-3-13(14)17)8-15(6-7-19-10-15)9-18-12-4-5-12/h1-3,12,18H,4-10H2. The molecule has 1 aliphatic carbocycles. The van der Waals surface area contributed by atoms with E-state index in [-0.39, 0.29) is 11.2 Å². The largest absolute Gasteiger partial charge is 0.381 e. The van der Waals surface area contributed by atoms with Crippen LogP contribution in [0.3, 0.4) is 0 Å². The highest BCUT2D eigenvalue weighted by molar-refractivity contribution is 9.10. The predicted molar refractivity (Wildman–Crippen MR) is 76.7 cm³/mol. The van der Waals surface area contributed by atoms with Crippen molar-refractivity contribution < 1.29 is 9.13 Å². The first-order valence-electron chi connectivity index (χ1n) is 6.93. The minimum absolute atomic E-state index is 0.124. The van der Waals surface area contributed by atoms with Gasteiger partial charge in [-0.2, -0.15) is 0 Å². The molecular weight excluding hydrogens is 309 g/mol. The fourth-order valence-corrected chi connectivity index (χ4v) is 3.13. The summed E-state index contributed by atoms with van der Waals surface area (Å²) in [4.78, 5) is 0. The molecule has 1 saturated heterocycles. The smallest absolute Gasteiger partial charge is 0.137 e. The van der Waals surface area contributed by atoms with E-state index < -0.39 is 0 Å². The minimum Gasteiger partial charge on any atom is -0.381 e. The summed E-state index contributed by atoms with van der Waals surface area (Å²) >= 11 is 3.37. The van der Waals surface area contributed by atoms with Crippen LogP contribution in [0.4, 0.5) is 4.39 Å². The minimum atomic E-state index is -0.179. The van der Waals surface area contributed by atoms with E-state index in [0.717, 1.165) is 38.2 Å². The van der Waals surface area contributed by atoms with Gasteiger partial charge in [-0.05, 0) is 53.2 Å². The molecule has 1 atom stereocenters. The van der Waals surface area contributed by atoms with Crippen LogP contribution in [-0.2, 0) is 11.2 Å². The average Bonchev–Trinajstić information content (AvgIpc) is 3.13. The Hall–Kier alpha value is -0.450. The second kappa shape index (κ2) is 5.51. The van der Waals surface area contributed by atoms with Gasteiger partial charge in [-0.25, -0.2) is 4.39 Å². The van der Waals surface area contributed by atoms with Crippen LogP contribution in [0.2, 0.25) is 0 Å². The van der Waals surface area contributed by atoms with Crippen molar-refractivity contribution in [1.29, 1.82) is 0 Å². The fourth-order valence-electron chi connectivity index (χ4n) is 2.73. The Balaban J connectivity index is 1.74. The van der Waals surface area contributed by atoms with Gasteiger partial charge < -0.3 is 10.1 Å². The Bertz CT molecular complexity index is 455. The lowest BCUT2D eigenvalue weighted by Crippen LogP contribution is -2.37. The first-order chi connectivity index (χ1) is 9.19. The highest BCUT2D eigenvalue weighted by atomic mass is 79.9. The second-order valence-corrected chi connectivity index (χ2v) is 6.64. The summed E-state index contributed by atoms with van der Waals surface area (Å²) in [5, 5.41) is 3.60. The lowest BCUT2D eigenvalue weighted by Gasteiger charge is -2.28. The molecule has 1 N–H and O–H groups in total. The zero-order valence-corrected chi connectivity index (χ0v) is 12.5. The number of hydrogen-bond donors (Lipinski definition) is 1. The van der Waals surface area contributed by atoms with Crippen LogP contribution >= 0.6 is 15.9 Å². The maximum absolute atomic E-state index is 13.6. The van der Waals surface area contributed by atoms with E-state index in [2.05, 4.69) is 21.2 Å². The Morgan fingerprint density at radius 1 is 1.42 bits per heavy atom. The number of halogens is 2. The zero-order valence-electron chi connectivity index (χ0n) is 10.9. The number of hydrogen-bond acceptors (Lipinski definition) is 2. The molecule has 1 aromatic rings. The van der Waals surface area contributed by atoms with Gasteiger partial charge >= 0.3 is 0 Å². The third-order valence-electron chi connectivity index (χ3n) is 4.13. The van der Waals surface area contributed by atoms with E-state index in [0.29, 0.717) is 10.5 Å². The number of benzene rings is 1. The summed E-state index contributed by atoms with van der Waals surface area (Å²) in [6.07, 6.45) is 4.50. The van der Waals surface area contributed by atoms with Crippen LogP contribution in [0.1, 0.15) is 24.8 Å². The van der Waals surface area contributed by atoms with Crippen LogP contribution in [0.15, 0.2) is 22.7 Å². The van der Waals surface area contributed by atoms with Crippen molar-refractivity contribution in [3.63, 3.8) is 0 Å². The lowest BCUT2D eigenvalue weighted by molar-refractivity contribution is 0.149. The van der Waals surface area contributed by atoms with Gasteiger partial charge in [0.1, 0.15) is 5.82 Å². The summed E-state index contributed by atoms with van der Waals surface area (Å²) in [5.74, 6) is -0.179. The number of rotatable bonds is 5. The summed E-state index contributed by atoms with van der Waals surface area (Å²) in [5.41, 5.74) is 1.17. The maximum Gasteiger partial charge on any atom is 0.137 e. The van der Waals surface area contributed by atoms with Gasteiger partial charge in [0, 0.05) is 24.6 Å². The van der Waals surface area contributed by atoms with Gasteiger partial charge in [0.25, 0.3) is 0 Å². The van der Waals surface area contributed by atoms with Crippen LogP contribution in [0, 0.1) is 11.2 Å². The van der Waals surface area contributed by atoms with Gasteiger partial charge in [0.05, 0.1) is 11.1 Å². The van der Waals surface area contributed by atoms with Gasteiger partial charge in [-0.15, -0.1) is 0 Å². The Kier molecular flexibility index (Phi) is 3.92. The molecule has 19 heavy (non-hydrogen) atoms. The molecule has 1 aliphatic heterocycles. The van der Waals surface area contributed by atoms with Gasteiger partial charge in [-0.1, -0.05) is 12.1 Å². The zero-order chi connectivity index (χ0) is 13.3. The molecule has 2 nitrogen and oxygen atoms in total. The molecule has 1 unspecified atom stereocenters. The maximum atomic E-state index is 13.6. The predicted octanol–water partition coefficient (Wildman–Crippen LogP) is 3.29. The van der Waals surface area contributed by atoms with Crippen molar-refractivity contribution in [3.05, 3.63) is 34.1 Å². The molecule has 1 aromatic carbocycles. The average molecular weight is 328 g/mol. The van der Waals surface area contributed by atoms with E-state index in [4.69, 9.17) is 4.74 Å². The Morgan fingerprint density at radius 3 is 2.95 bits per heavy atom. The normalized spacial score (nSPS) is 26.8. The number of nitrogens with one attached hydrogen (secondary N) is 1. The fraction of sp³-hybridized carbons (Fsp3) is 0.600. The van der Waals surface area contributed by atoms with Gasteiger partial charge in [-0.3, -0.25) is 0 Å². The van der Waals surface area contributed by atoms with Crippen LogP contribution in [-0.4, -0.2) is 25.8 Å². The first-order valence-corrected chi connectivity index (χ1v) is 7.72. The second-order valence-electron chi connectivity index (χ2n) is 5.85. The molecule has 0 spiro atoms. The summed E-state index contributed by atoms with van der Waals surface area (Å²) in [6.45, 7) is 2.57. The molecule has 0 amide bonds. The highest BCUT2D eigenvalue weighted by Crippen LogP contribution is 2.35. The first kappa shape index (κ1) is 13.5. The highest BCUT2D eigenvalue weighted by Gasteiger charge is 2.37. The summed E-state index contributed by atoms with van der Waals surface area (Å²) in [7, 11) is 0. The van der Waals surface area contributed by atoms with Crippen molar-refractivity contribution in [2.24, 2.45) is 5.41 Å². The van der Waals surface area contributed by atoms with Crippen molar-refractivity contribution in [2.45, 2.75) is 31.7 Å². The van der Waals surface area contributed by atoms with E-state index in [9.17, 15) is 4.39 Å². The summed E-state index contributed by atoms with van der Waals surface area (Å²) in [6, 6.07) is 5.99. The van der Waals surface area contributed by atoms with Crippen molar-refractivity contribution in [1.82, 2.24) is 5.32 Å². The van der Waals surface area contributed by atoms with Crippen molar-refractivity contribution in [3.8, 4) is 0 Å². The quantitative estimate of drug-likeness (QED) is 0.896. The molecule has 104 valence electrons. The SMILES string of the molecule is Fc1cccc(CC2(CNC3CC3)CCOC2)c1Br. The van der Waals surface area contributed by atoms with Crippen LogP contribution in [0.5, 0.6) is 0 Å². The molecule has 1 saturated carbocycles. The van der Waals surface area contributed by atoms with Crippen molar-refractivity contribution >= 4 is 15.9 Å². The third kappa shape index (κ3) is 3.18. The van der Waals surface area contributed by atoms with Gasteiger partial charge in [0.2, 0.25) is 0 Å². The summed E-state index contributed by atoms with van der Waals surface area (Å²) < 4.78 is 19.8. The third-order valence-corrected chi connectivity index (χ3v) is 5.01. The Morgan fingerprint density at radius 2 is 2.26 bits per heavy atom. The van der Waals surface area contributed by atoms with Gasteiger partial charge in [0.15, 0.2) is 0 Å². The molecule has 0 aromatic heterocycles. The van der Waals surface area contributed by atoms with Crippen molar-refractivity contribution in [2.75, 3.05) is 19.8 Å². The topological polar surface area (TPSA) is 21.3 Å². The molecule has 2 fully saturated rings. The van der Waals surface area contributed by atoms with E-state index in [1.807, 2.05) is 6.07 Å². The molecular formula is C15H19BrFNO. The van der Waals surface area contributed by atoms with Crippen LogP contribution in [0.25, 0.3) is 0 Å². The molecule has 1 heterocycles. The monoisotopic (exact) mass is 327 g/mol.